The number of nitro benzene ring substituents is 1. The predicted octanol–water partition coefficient (Wildman–Crippen LogP) is 2.67. The van der Waals surface area contributed by atoms with E-state index >= 15 is 0 Å². The molecule has 0 saturated heterocycles. The number of benzene rings is 1. The summed E-state index contributed by atoms with van der Waals surface area (Å²) in [6.07, 6.45) is -1.72. The highest BCUT2D eigenvalue weighted by atomic mass is 19.4. The van der Waals surface area contributed by atoms with Crippen molar-refractivity contribution >= 4 is 5.69 Å². The zero-order valence-electron chi connectivity index (χ0n) is 12.5. The van der Waals surface area contributed by atoms with Crippen molar-refractivity contribution in [1.82, 2.24) is 20.0 Å². The van der Waals surface area contributed by atoms with Crippen LogP contribution in [0.3, 0.4) is 0 Å². The molecule has 0 aliphatic rings. The van der Waals surface area contributed by atoms with Crippen molar-refractivity contribution in [2.45, 2.75) is 6.18 Å². The van der Waals surface area contributed by atoms with Crippen molar-refractivity contribution < 1.29 is 28.3 Å². The van der Waals surface area contributed by atoms with Crippen LogP contribution in [0.15, 0.2) is 36.8 Å². The largest absolute Gasteiger partial charge is 0.504 e. The molecule has 0 fully saturated rings. The third-order valence-corrected chi connectivity index (χ3v) is 3.37. The molecule has 0 saturated carbocycles. The lowest BCUT2D eigenvalue weighted by Crippen LogP contribution is -2.12. The van der Waals surface area contributed by atoms with Gasteiger partial charge in [-0.25, -0.2) is 0 Å². The van der Waals surface area contributed by atoms with E-state index in [1.165, 1.54) is 0 Å². The zero-order valence-corrected chi connectivity index (χ0v) is 12.5. The van der Waals surface area contributed by atoms with Crippen molar-refractivity contribution in [3.63, 3.8) is 0 Å². The molecule has 3 rings (SSSR count). The Kier molecular flexibility index (Phi) is 3.94. The third-order valence-electron chi connectivity index (χ3n) is 3.37. The number of aromatic nitrogens is 4. The number of nitrogens with zero attached hydrogens (tertiary/aromatic N) is 5. The minimum absolute atomic E-state index is 0.0179. The van der Waals surface area contributed by atoms with E-state index in [4.69, 9.17) is 0 Å². The second kappa shape index (κ2) is 5.98. The second-order valence-electron chi connectivity index (χ2n) is 5.03. The number of halogens is 3. The number of rotatable bonds is 3. The lowest BCUT2D eigenvalue weighted by atomic mass is 10.1. The van der Waals surface area contributed by atoms with Gasteiger partial charge in [0.25, 0.3) is 0 Å². The highest BCUT2D eigenvalue weighted by molar-refractivity contribution is 5.69. The Morgan fingerprint density at radius 2 is 1.92 bits per heavy atom. The number of phenols is 2. The summed E-state index contributed by atoms with van der Waals surface area (Å²) < 4.78 is 39.2. The first-order valence-corrected chi connectivity index (χ1v) is 6.83. The average Bonchev–Trinajstić information content (AvgIpc) is 3.06. The van der Waals surface area contributed by atoms with Crippen molar-refractivity contribution in [3.8, 4) is 28.4 Å². The lowest BCUT2D eigenvalue weighted by molar-refractivity contribution is -0.385. The van der Waals surface area contributed by atoms with Crippen molar-refractivity contribution in [3.05, 3.63) is 52.5 Å². The summed E-state index contributed by atoms with van der Waals surface area (Å²) >= 11 is 0. The smallest absolute Gasteiger partial charge is 0.418 e. The van der Waals surface area contributed by atoms with Gasteiger partial charge >= 0.3 is 11.9 Å². The number of aromatic hydroxyl groups is 2. The molecule has 0 amide bonds. The fourth-order valence-electron chi connectivity index (χ4n) is 2.19. The molecule has 134 valence electrons. The normalized spacial score (nSPS) is 11.5. The molecule has 0 bridgehead atoms. The molecule has 0 spiro atoms. The molecule has 9 nitrogen and oxygen atoms in total. The predicted molar refractivity (Wildman–Crippen MR) is 79.6 cm³/mol. The van der Waals surface area contributed by atoms with Gasteiger partial charge in [0.05, 0.1) is 22.9 Å². The second-order valence-corrected chi connectivity index (χ2v) is 5.03. The number of hydrogen-bond acceptors (Lipinski definition) is 7. The van der Waals surface area contributed by atoms with Gasteiger partial charge in [-0.2, -0.15) is 18.3 Å². The molecular weight excluding hydrogens is 359 g/mol. The van der Waals surface area contributed by atoms with Gasteiger partial charge in [-0.1, -0.05) is 0 Å². The Balaban J connectivity index is 2.09. The standard InChI is InChI=1S/C14H8F3N5O4/c15-14(16,17)8-1-2-18-6-11(8)21-19-5-9(20-21)7-3-10(22(25)26)13(24)12(23)4-7/h1-6,23-24H. The summed E-state index contributed by atoms with van der Waals surface area (Å²) in [5.74, 6) is -1.71. The lowest BCUT2D eigenvalue weighted by Gasteiger charge is -2.10. The summed E-state index contributed by atoms with van der Waals surface area (Å²) in [6, 6.07) is 2.65. The molecule has 2 N–H and O–H groups in total. The molecular formula is C14H8F3N5O4. The average molecular weight is 367 g/mol. The summed E-state index contributed by atoms with van der Waals surface area (Å²) in [4.78, 5) is 14.3. The maximum atomic E-state index is 13.1. The summed E-state index contributed by atoms with van der Waals surface area (Å²) in [7, 11) is 0. The monoisotopic (exact) mass is 367 g/mol. The Morgan fingerprint density at radius 1 is 1.19 bits per heavy atom. The van der Waals surface area contributed by atoms with E-state index < -0.39 is 39.5 Å². The van der Waals surface area contributed by atoms with Crippen LogP contribution in [0.2, 0.25) is 0 Å². The van der Waals surface area contributed by atoms with E-state index in [9.17, 15) is 33.5 Å². The Bertz CT molecular complexity index is 1000. The van der Waals surface area contributed by atoms with E-state index in [1.807, 2.05) is 0 Å². The highest BCUT2D eigenvalue weighted by Gasteiger charge is 2.34. The van der Waals surface area contributed by atoms with Gasteiger partial charge in [0.2, 0.25) is 5.75 Å². The van der Waals surface area contributed by atoms with Crippen LogP contribution in [0, 0.1) is 10.1 Å². The number of alkyl halides is 3. The van der Waals surface area contributed by atoms with Crippen LogP contribution in [0.1, 0.15) is 5.56 Å². The summed E-state index contributed by atoms with van der Waals surface area (Å²) in [5, 5.41) is 37.5. The van der Waals surface area contributed by atoms with Crippen LogP contribution in [0.25, 0.3) is 16.9 Å². The number of nitro groups is 1. The number of pyridine rings is 1. The molecule has 3 aromatic rings. The van der Waals surface area contributed by atoms with E-state index in [0.717, 1.165) is 36.8 Å². The van der Waals surface area contributed by atoms with Crippen LogP contribution in [0.4, 0.5) is 18.9 Å². The van der Waals surface area contributed by atoms with Crippen LogP contribution in [-0.2, 0) is 6.18 Å². The summed E-state index contributed by atoms with van der Waals surface area (Å²) in [5.41, 5.74) is -2.32. The number of phenolic OH excluding ortho intramolecular Hbond substituents is 2. The fourth-order valence-corrected chi connectivity index (χ4v) is 2.19. The molecule has 0 atom stereocenters. The van der Waals surface area contributed by atoms with Gasteiger partial charge in [-0.05, 0) is 12.1 Å². The quantitative estimate of drug-likeness (QED) is 0.414. The van der Waals surface area contributed by atoms with E-state index in [1.54, 1.807) is 0 Å². The minimum atomic E-state index is -4.67. The molecule has 0 radical (unpaired) electrons. The SMILES string of the molecule is O=[N+]([O-])c1cc(-c2cnn(-c3cnccc3C(F)(F)F)n2)cc(O)c1O. The molecule has 0 aliphatic heterocycles. The summed E-state index contributed by atoms with van der Waals surface area (Å²) in [6.45, 7) is 0. The van der Waals surface area contributed by atoms with Crippen molar-refractivity contribution in [1.29, 1.82) is 0 Å². The van der Waals surface area contributed by atoms with Crippen LogP contribution >= 0.6 is 0 Å². The zero-order chi connectivity index (χ0) is 19.1. The van der Waals surface area contributed by atoms with Gasteiger partial charge < -0.3 is 10.2 Å². The topological polar surface area (TPSA) is 127 Å². The van der Waals surface area contributed by atoms with Gasteiger partial charge in [0.15, 0.2) is 5.75 Å². The van der Waals surface area contributed by atoms with E-state index in [0.29, 0.717) is 4.80 Å². The minimum Gasteiger partial charge on any atom is -0.504 e. The first-order chi connectivity index (χ1) is 12.2. The van der Waals surface area contributed by atoms with Gasteiger partial charge in [-0.3, -0.25) is 15.1 Å². The first kappa shape index (κ1) is 17.1. The Labute approximate surface area is 142 Å². The Morgan fingerprint density at radius 3 is 2.58 bits per heavy atom. The molecule has 0 unspecified atom stereocenters. The maximum Gasteiger partial charge on any atom is 0.418 e. The van der Waals surface area contributed by atoms with Gasteiger partial charge in [0.1, 0.15) is 11.4 Å². The molecule has 2 heterocycles. The van der Waals surface area contributed by atoms with Crippen molar-refractivity contribution in [2.75, 3.05) is 0 Å². The molecule has 0 aliphatic carbocycles. The molecule has 12 heteroatoms. The fraction of sp³-hybridized carbons (Fsp3) is 0.0714. The molecule has 26 heavy (non-hydrogen) atoms. The number of hydrogen-bond donors (Lipinski definition) is 2. The van der Waals surface area contributed by atoms with E-state index in [-0.39, 0.29) is 11.3 Å². The van der Waals surface area contributed by atoms with Crippen LogP contribution < -0.4 is 0 Å². The van der Waals surface area contributed by atoms with E-state index in [2.05, 4.69) is 15.2 Å². The third kappa shape index (κ3) is 2.99. The van der Waals surface area contributed by atoms with Crippen LogP contribution in [0.5, 0.6) is 11.5 Å². The maximum absolute atomic E-state index is 13.1. The first-order valence-electron chi connectivity index (χ1n) is 6.83. The van der Waals surface area contributed by atoms with Crippen LogP contribution in [-0.4, -0.2) is 35.1 Å². The molecule has 1 aromatic carbocycles. The van der Waals surface area contributed by atoms with Crippen molar-refractivity contribution in [2.24, 2.45) is 0 Å². The molecule has 2 aromatic heterocycles. The van der Waals surface area contributed by atoms with Gasteiger partial charge in [0, 0.05) is 17.8 Å². The highest BCUT2D eigenvalue weighted by Crippen LogP contribution is 2.39. The van der Waals surface area contributed by atoms with Gasteiger partial charge in [-0.15, -0.1) is 9.90 Å². The Hall–Kier alpha value is -3.70.